The van der Waals surface area contributed by atoms with E-state index >= 15 is 0 Å². The van der Waals surface area contributed by atoms with E-state index in [1.807, 2.05) is 13.8 Å². The van der Waals surface area contributed by atoms with Gasteiger partial charge in [0.2, 0.25) is 0 Å². The molecule has 0 fully saturated rings. The number of aromatic amines is 1. The molecule has 3 aromatic rings. The number of hydrogen-bond acceptors (Lipinski definition) is 3. The van der Waals surface area contributed by atoms with Crippen molar-refractivity contribution < 1.29 is 13.2 Å². The molecule has 1 N–H and O–H groups in total. The van der Waals surface area contributed by atoms with Crippen LogP contribution in [0, 0.1) is 10.6 Å². The summed E-state index contributed by atoms with van der Waals surface area (Å²) in [5, 5.41) is -0.181. The van der Waals surface area contributed by atoms with Crippen LogP contribution in [0.1, 0.15) is 38.3 Å². The quantitative estimate of drug-likeness (QED) is 0.637. The molecule has 1 atom stereocenters. The Morgan fingerprint density at radius 3 is 2.50 bits per heavy atom. The summed E-state index contributed by atoms with van der Waals surface area (Å²) in [5.74, 6) is -0.442. The second-order valence-electron chi connectivity index (χ2n) is 5.99. The van der Waals surface area contributed by atoms with Gasteiger partial charge in [-0.2, -0.15) is 0 Å². The van der Waals surface area contributed by atoms with Crippen molar-refractivity contribution in [1.29, 1.82) is 0 Å². The van der Waals surface area contributed by atoms with Crippen molar-refractivity contribution in [3.05, 3.63) is 56.8 Å². The minimum Gasteiger partial charge on any atom is -0.300 e. The number of fused-ring (bicyclic) bond motifs is 1. The van der Waals surface area contributed by atoms with Gasteiger partial charge < -0.3 is 0 Å². The van der Waals surface area contributed by atoms with E-state index in [0.717, 1.165) is 0 Å². The Labute approximate surface area is 152 Å². The van der Waals surface area contributed by atoms with Crippen molar-refractivity contribution in [2.75, 3.05) is 0 Å². The second kappa shape index (κ2) is 7.03. The van der Waals surface area contributed by atoms with E-state index in [9.17, 15) is 18.0 Å². The van der Waals surface area contributed by atoms with Crippen LogP contribution in [0.25, 0.3) is 22.3 Å². The van der Waals surface area contributed by atoms with Crippen LogP contribution in [-0.4, -0.2) is 14.5 Å². The van der Waals surface area contributed by atoms with E-state index in [0.29, 0.717) is 12.0 Å². The Morgan fingerprint density at radius 2 is 1.92 bits per heavy atom. The molecule has 0 aliphatic carbocycles. The third kappa shape index (κ3) is 3.16. The smallest absolute Gasteiger partial charge is 0.264 e. The molecule has 2 aromatic heterocycles. The molecule has 3 rings (SSSR count). The van der Waals surface area contributed by atoms with Crippen LogP contribution < -0.4 is 5.56 Å². The van der Waals surface area contributed by atoms with Gasteiger partial charge in [0, 0.05) is 17.2 Å². The SMILES string of the molecule is CC[C@H](C)n1c(=S)[nH]c(=O)c2c(C(F)F)cc(-c3ccc(F)cc3)nc21. The molecule has 0 saturated heterocycles. The lowest BCUT2D eigenvalue weighted by Gasteiger charge is -2.18. The first-order valence-electron chi connectivity index (χ1n) is 8.07. The van der Waals surface area contributed by atoms with E-state index < -0.39 is 23.4 Å². The molecule has 0 aliphatic rings. The monoisotopic (exact) mass is 379 g/mol. The van der Waals surface area contributed by atoms with Gasteiger partial charge in [-0.3, -0.25) is 14.3 Å². The fourth-order valence-corrected chi connectivity index (χ4v) is 3.17. The van der Waals surface area contributed by atoms with E-state index in [1.54, 1.807) is 4.57 Å². The Morgan fingerprint density at radius 1 is 1.27 bits per heavy atom. The first kappa shape index (κ1) is 18.3. The summed E-state index contributed by atoms with van der Waals surface area (Å²) >= 11 is 5.23. The average molecular weight is 379 g/mol. The number of pyridine rings is 1. The van der Waals surface area contributed by atoms with Crippen LogP contribution in [0.2, 0.25) is 0 Å². The Balaban J connectivity index is 2.45. The zero-order valence-electron chi connectivity index (χ0n) is 14.1. The van der Waals surface area contributed by atoms with Crippen LogP contribution in [0.5, 0.6) is 0 Å². The highest BCUT2D eigenvalue weighted by atomic mass is 32.1. The van der Waals surface area contributed by atoms with Crippen molar-refractivity contribution in [2.45, 2.75) is 32.7 Å². The van der Waals surface area contributed by atoms with Crippen molar-refractivity contribution in [2.24, 2.45) is 0 Å². The summed E-state index contributed by atoms with van der Waals surface area (Å²) in [6.45, 7) is 3.78. The largest absolute Gasteiger partial charge is 0.300 e. The minimum absolute atomic E-state index is 0.102. The summed E-state index contributed by atoms with van der Waals surface area (Å²) in [6, 6.07) is 6.37. The first-order chi connectivity index (χ1) is 12.3. The van der Waals surface area contributed by atoms with Gasteiger partial charge >= 0.3 is 0 Å². The molecule has 0 bridgehead atoms. The highest BCUT2D eigenvalue weighted by Crippen LogP contribution is 2.30. The Hall–Kier alpha value is -2.48. The first-order valence-corrected chi connectivity index (χ1v) is 8.47. The molecule has 0 aliphatic heterocycles. The maximum Gasteiger partial charge on any atom is 0.264 e. The molecule has 8 heteroatoms. The normalized spacial score (nSPS) is 12.7. The number of aromatic nitrogens is 3. The van der Waals surface area contributed by atoms with Crippen LogP contribution in [-0.2, 0) is 0 Å². The lowest BCUT2D eigenvalue weighted by molar-refractivity contribution is 0.153. The maximum absolute atomic E-state index is 13.7. The highest BCUT2D eigenvalue weighted by Gasteiger charge is 2.21. The zero-order chi connectivity index (χ0) is 19.0. The summed E-state index contributed by atoms with van der Waals surface area (Å²) in [6.07, 6.45) is -2.20. The number of nitrogens with zero attached hydrogens (tertiary/aromatic N) is 2. The third-order valence-electron chi connectivity index (χ3n) is 4.33. The van der Waals surface area contributed by atoms with Gasteiger partial charge in [-0.1, -0.05) is 6.92 Å². The lowest BCUT2D eigenvalue weighted by atomic mass is 10.1. The van der Waals surface area contributed by atoms with Crippen molar-refractivity contribution >= 4 is 23.3 Å². The van der Waals surface area contributed by atoms with Gasteiger partial charge in [0.25, 0.3) is 12.0 Å². The molecule has 0 unspecified atom stereocenters. The van der Waals surface area contributed by atoms with E-state index in [2.05, 4.69) is 9.97 Å². The van der Waals surface area contributed by atoms with Gasteiger partial charge in [-0.25, -0.2) is 18.2 Å². The van der Waals surface area contributed by atoms with Crippen LogP contribution in [0.3, 0.4) is 0 Å². The fraction of sp³-hybridized carbons (Fsp3) is 0.278. The van der Waals surface area contributed by atoms with E-state index in [-0.39, 0.29) is 27.5 Å². The van der Waals surface area contributed by atoms with Crippen LogP contribution in [0.15, 0.2) is 35.1 Å². The number of H-pyrrole nitrogens is 1. The van der Waals surface area contributed by atoms with Crippen molar-refractivity contribution in [3.63, 3.8) is 0 Å². The van der Waals surface area contributed by atoms with E-state index in [1.165, 1.54) is 30.3 Å². The third-order valence-corrected chi connectivity index (χ3v) is 4.63. The number of benzene rings is 1. The predicted molar refractivity (Wildman–Crippen MR) is 96.5 cm³/mol. The number of halogens is 3. The number of hydrogen-bond donors (Lipinski definition) is 1. The topological polar surface area (TPSA) is 50.7 Å². The van der Waals surface area contributed by atoms with Gasteiger partial charge in [-0.05, 0) is 55.9 Å². The second-order valence-corrected chi connectivity index (χ2v) is 6.38. The summed E-state index contributed by atoms with van der Waals surface area (Å²) in [5.41, 5.74) is -0.326. The van der Waals surface area contributed by atoms with Crippen LogP contribution in [0.4, 0.5) is 13.2 Å². The molecule has 2 heterocycles. The molecule has 0 saturated carbocycles. The predicted octanol–water partition coefficient (Wildman–Crippen LogP) is 5.17. The van der Waals surface area contributed by atoms with Gasteiger partial charge in [0.15, 0.2) is 4.77 Å². The van der Waals surface area contributed by atoms with Gasteiger partial charge in [0.1, 0.15) is 11.5 Å². The molecule has 136 valence electrons. The van der Waals surface area contributed by atoms with Crippen LogP contribution >= 0.6 is 12.2 Å². The molecular weight excluding hydrogens is 363 g/mol. The van der Waals surface area contributed by atoms with Crippen molar-refractivity contribution in [3.8, 4) is 11.3 Å². The van der Waals surface area contributed by atoms with Crippen molar-refractivity contribution in [1.82, 2.24) is 14.5 Å². The fourth-order valence-electron chi connectivity index (χ4n) is 2.81. The van der Waals surface area contributed by atoms with Gasteiger partial charge in [0.05, 0.1) is 11.1 Å². The molecule has 26 heavy (non-hydrogen) atoms. The highest BCUT2D eigenvalue weighted by molar-refractivity contribution is 7.71. The van der Waals surface area contributed by atoms with E-state index in [4.69, 9.17) is 12.2 Å². The Kier molecular flexibility index (Phi) is 4.95. The molecule has 0 amide bonds. The minimum atomic E-state index is -2.87. The summed E-state index contributed by atoms with van der Waals surface area (Å²) in [7, 11) is 0. The molecule has 0 spiro atoms. The molecule has 1 aromatic carbocycles. The average Bonchev–Trinajstić information content (AvgIpc) is 2.60. The number of alkyl halides is 2. The summed E-state index contributed by atoms with van der Waals surface area (Å²) in [4.78, 5) is 19.2. The Bertz CT molecular complexity index is 1070. The standard InChI is InChI=1S/C18H16F3N3OS/c1-3-9(2)24-16-14(17(25)23-18(24)26)12(15(20)21)8-13(22-16)10-4-6-11(19)7-5-10/h4-9,15H,3H2,1-2H3,(H,23,25,26)/t9-/m0/s1. The zero-order valence-corrected chi connectivity index (χ0v) is 14.9. The number of nitrogens with one attached hydrogen (secondary N) is 1. The maximum atomic E-state index is 13.7. The molecular formula is C18H16F3N3OS. The molecule has 4 nitrogen and oxygen atoms in total. The molecule has 0 radical (unpaired) electrons. The van der Waals surface area contributed by atoms with Gasteiger partial charge in [-0.15, -0.1) is 0 Å². The summed E-state index contributed by atoms with van der Waals surface area (Å²) < 4.78 is 42.2. The lowest BCUT2D eigenvalue weighted by Crippen LogP contribution is -2.19. The number of rotatable bonds is 4.